The number of aromatic nitrogens is 3. The Morgan fingerprint density at radius 1 is 1.28 bits per heavy atom. The van der Waals surface area contributed by atoms with Crippen molar-refractivity contribution in [2.75, 3.05) is 12.4 Å². The highest BCUT2D eigenvalue weighted by Gasteiger charge is 2.00. The molecule has 0 unspecified atom stereocenters. The Hall–Kier alpha value is -2.21. The molecule has 2 rings (SSSR count). The molecule has 0 aliphatic carbocycles. The molecule has 0 fully saturated rings. The Morgan fingerprint density at radius 2 is 2.11 bits per heavy atom. The van der Waals surface area contributed by atoms with Crippen molar-refractivity contribution in [1.29, 1.82) is 0 Å². The Morgan fingerprint density at radius 3 is 2.89 bits per heavy atom. The van der Waals surface area contributed by atoms with Gasteiger partial charge in [-0.05, 0) is 17.7 Å². The van der Waals surface area contributed by atoms with Crippen LogP contribution >= 0.6 is 0 Å². The zero-order valence-corrected chi connectivity index (χ0v) is 10.1. The number of hydrogen-bond acceptors (Lipinski definition) is 6. The van der Waals surface area contributed by atoms with Crippen molar-refractivity contribution in [2.45, 2.75) is 13.1 Å². The summed E-state index contributed by atoms with van der Waals surface area (Å²) in [5.74, 6) is 1.15. The van der Waals surface area contributed by atoms with Crippen LogP contribution in [0.5, 0.6) is 5.88 Å². The summed E-state index contributed by atoms with van der Waals surface area (Å²) in [6.45, 7) is 1.01. The van der Waals surface area contributed by atoms with Crippen molar-refractivity contribution in [3.05, 3.63) is 41.9 Å². The van der Waals surface area contributed by atoms with E-state index in [0.717, 1.165) is 11.3 Å². The lowest BCUT2D eigenvalue weighted by atomic mass is 10.2. The maximum absolute atomic E-state index is 5.52. The topological polar surface area (TPSA) is 86.0 Å². The van der Waals surface area contributed by atoms with Gasteiger partial charge in [0.25, 0.3) is 0 Å². The number of nitrogens with zero attached hydrogens (tertiary/aromatic N) is 3. The lowest BCUT2D eigenvalue weighted by Gasteiger charge is -2.06. The van der Waals surface area contributed by atoms with Gasteiger partial charge in [0.05, 0.1) is 12.8 Å². The van der Waals surface area contributed by atoms with Crippen LogP contribution in [0.25, 0.3) is 0 Å². The van der Waals surface area contributed by atoms with Crippen LogP contribution in [0.1, 0.15) is 11.3 Å². The zero-order chi connectivity index (χ0) is 12.8. The molecule has 0 amide bonds. The predicted octanol–water partition coefficient (Wildman–Crippen LogP) is 0.951. The van der Waals surface area contributed by atoms with E-state index < -0.39 is 0 Å². The zero-order valence-electron chi connectivity index (χ0n) is 10.1. The highest BCUT2D eigenvalue weighted by molar-refractivity contribution is 5.29. The maximum Gasteiger partial charge on any atom is 0.223 e. The van der Waals surface area contributed by atoms with Gasteiger partial charge in [-0.2, -0.15) is 0 Å². The second kappa shape index (κ2) is 5.92. The van der Waals surface area contributed by atoms with E-state index in [0.29, 0.717) is 24.9 Å². The van der Waals surface area contributed by atoms with E-state index in [-0.39, 0.29) is 0 Å². The minimum atomic E-state index is 0.403. The minimum absolute atomic E-state index is 0.403. The van der Waals surface area contributed by atoms with Gasteiger partial charge in [-0.15, -0.1) is 0 Å². The van der Waals surface area contributed by atoms with Crippen LogP contribution in [0.4, 0.5) is 5.95 Å². The summed E-state index contributed by atoms with van der Waals surface area (Å²) >= 11 is 0. The van der Waals surface area contributed by atoms with Crippen LogP contribution < -0.4 is 15.8 Å². The van der Waals surface area contributed by atoms with Gasteiger partial charge in [-0.3, -0.25) is 0 Å². The fraction of sp³-hybridized carbons (Fsp3) is 0.250. The molecule has 0 atom stereocenters. The van der Waals surface area contributed by atoms with Gasteiger partial charge in [0.1, 0.15) is 0 Å². The molecule has 2 aromatic heterocycles. The molecule has 0 aliphatic rings. The molecule has 6 heteroatoms. The lowest BCUT2D eigenvalue weighted by molar-refractivity contribution is 0.397. The third-order valence-corrected chi connectivity index (χ3v) is 2.38. The third-order valence-electron chi connectivity index (χ3n) is 2.38. The molecule has 0 saturated carbocycles. The van der Waals surface area contributed by atoms with Crippen molar-refractivity contribution in [1.82, 2.24) is 15.0 Å². The van der Waals surface area contributed by atoms with Crippen LogP contribution in [0.15, 0.2) is 30.6 Å². The fourth-order valence-corrected chi connectivity index (χ4v) is 1.45. The van der Waals surface area contributed by atoms with Crippen molar-refractivity contribution in [3.63, 3.8) is 0 Å². The molecule has 18 heavy (non-hydrogen) atoms. The van der Waals surface area contributed by atoms with Crippen molar-refractivity contribution >= 4 is 5.95 Å². The molecule has 3 N–H and O–H groups in total. The van der Waals surface area contributed by atoms with Crippen LogP contribution in [-0.4, -0.2) is 22.1 Å². The first-order valence-corrected chi connectivity index (χ1v) is 5.56. The lowest BCUT2D eigenvalue weighted by Crippen LogP contribution is -2.07. The second-order valence-electron chi connectivity index (χ2n) is 3.64. The van der Waals surface area contributed by atoms with Crippen LogP contribution in [0.2, 0.25) is 0 Å². The average Bonchev–Trinajstić information content (AvgIpc) is 2.45. The van der Waals surface area contributed by atoms with Gasteiger partial charge in [0.2, 0.25) is 11.8 Å². The number of anilines is 1. The van der Waals surface area contributed by atoms with Gasteiger partial charge < -0.3 is 15.8 Å². The number of rotatable bonds is 5. The van der Waals surface area contributed by atoms with Gasteiger partial charge in [-0.1, -0.05) is 0 Å². The van der Waals surface area contributed by atoms with Gasteiger partial charge in [-0.25, -0.2) is 15.0 Å². The molecule has 2 aromatic rings. The summed E-state index contributed by atoms with van der Waals surface area (Å²) in [6, 6.07) is 5.56. The molecule has 0 aliphatic heterocycles. The third kappa shape index (κ3) is 3.14. The molecular formula is C12H15N5O. The number of ether oxygens (including phenoxy) is 1. The highest BCUT2D eigenvalue weighted by Crippen LogP contribution is 2.10. The molecule has 0 radical (unpaired) electrons. The fourth-order valence-electron chi connectivity index (χ4n) is 1.45. The maximum atomic E-state index is 5.52. The molecule has 0 saturated heterocycles. The van der Waals surface area contributed by atoms with E-state index in [1.165, 1.54) is 0 Å². The van der Waals surface area contributed by atoms with Crippen LogP contribution in [-0.2, 0) is 13.1 Å². The van der Waals surface area contributed by atoms with Gasteiger partial charge in [0.15, 0.2) is 0 Å². The van der Waals surface area contributed by atoms with Crippen molar-refractivity contribution < 1.29 is 4.74 Å². The normalized spacial score (nSPS) is 10.1. The molecule has 0 aromatic carbocycles. The number of hydrogen-bond donors (Lipinski definition) is 2. The van der Waals surface area contributed by atoms with Crippen molar-refractivity contribution in [3.8, 4) is 5.88 Å². The second-order valence-corrected chi connectivity index (χ2v) is 3.64. The quantitative estimate of drug-likeness (QED) is 0.815. The number of pyridine rings is 1. The SMILES string of the molecule is COc1cc(CNc2nccc(CN)n2)ccn1. The number of nitrogens with two attached hydrogens (primary N) is 1. The smallest absolute Gasteiger partial charge is 0.223 e. The summed E-state index contributed by atoms with van der Waals surface area (Å²) in [4.78, 5) is 12.4. The first kappa shape index (κ1) is 12.3. The summed E-state index contributed by atoms with van der Waals surface area (Å²) in [6.07, 6.45) is 3.39. The van der Waals surface area contributed by atoms with Gasteiger partial charge in [0, 0.05) is 31.5 Å². The van der Waals surface area contributed by atoms with E-state index in [9.17, 15) is 0 Å². The molecule has 0 bridgehead atoms. The minimum Gasteiger partial charge on any atom is -0.481 e. The van der Waals surface area contributed by atoms with E-state index in [4.69, 9.17) is 10.5 Å². The molecular weight excluding hydrogens is 230 g/mol. The van der Waals surface area contributed by atoms with E-state index >= 15 is 0 Å². The standard InChI is InChI=1S/C12H15N5O/c1-18-11-6-9(2-4-14-11)8-16-12-15-5-3-10(7-13)17-12/h2-6H,7-8,13H2,1H3,(H,15,16,17). The predicted molar refractivity (Wildman–Crippen MR) is 68.0 cm³/mol. The van der Waals surface area contributed by atoms with E-state index in [2.05, 4.69) is 20.3 Å². The highest BCUT2D eigenvalue weighted by atomic mass is 16.5. The Kier molecular flexibility index (Phi) is 4.03. The molecule has 0 spiro atoms. The van der Waals surface area contributed by atoms with Crippen LogP contribution in [0.3, 0.4) is 0 Å². The van der Waals surface area contributed by atoms with Crippen LogP contribution in [0, 0.1) is 0 Å². The summed E-state index contributed by atoms with van der Waals surface area (Å²) in [5, 5.41) is 3.13. The number of nitrogens with one attached hydrogen (secondary N) is 1. The molecule has 2 heterocycles. The monoisotopic (exact) mass is 245 g/mol. The summed E-state index contributed by atoms with van der Waals surface area (Å²) in [5.41, 5.74) is 7.37. The molecule has 6 nitrogen and oxygen atoms in total. The van der Waals surface area contributed by atoms with Gasteiger partial charge >= 0.3 is 0 Å². The Balaban J connectivity index is 2.01. The Labute approximate surface area is 105 Å². The largest absolute Gasteiger partial charge is 0.481 e. The Bertz CT molecular complexity index is 470. The first-order valence-electron chi connectivity index (χ1n) is 5.56. The molecule has 94 valence electrons. The van der Waals surface area contributed by atoms with Crippen molar-refractivity contribution in [2.24, 2.45) is 5.73 Å². The average molecular weight is 245 g/mol. The van der Waals surface area contributed by atoms with E-state index in [1.807, 2.05) is 12.1 Å². The number of methoxy groups -OCH3 is 1. The van der Waals surface area contributed by atoms with E-state index in [1.54, 1.807) is 25.6 Å². The first-order chi connectivity index (χ1) is 8.81. The summed E-state index contributed by atoms with van der Waals surface area (Å²) < 4.78 is 5.06. The summed E-state index contributed by atoms with van der Waals surface area (Å²) in [7, 11) is 1.59.